The molecule has 1 saturated carbocycles. The van der Waals surface area contributed by atoms with E-state index < -0.39 is 64.5 Å². The minimum absolute atomic E-state index is 0.0348. The largest absolute Gasteiger partial charge is 0.480 e. The van der Waals surface area contributed by atoms with Crippen LogP contribution in [0.3, 0.4) is 0 Å². The fourth-order valence-corrected chi connectivity index (χ4v) is 6.59. The van der Waals surface area contributed by atoms with Crippen LogP contribution < -0.4 is 16.0 Å². The Kier molecular flexibility index (Phi) is 9.40. The van der Waals surface area contributed by atoms with Gasteiger partial charge in [0.25, 0.3) is 0 Å². The van der Waals surface area contributed by atoms with Gasteiger partial charge in [-0.2, -0.15) is 0 Å². The van der Waals surface area contributed by atoms with E-state index in [9.17, 15) is 29.1 Å². The number of hydrogen-bond donors (Lipinski definition) is 4. The Bertz CT molecular complexity index is 1040. The van der Waals surface area contributed by atoms with Gasteiger partial charge in [-0.05, 0) is 77.6 Å². The summed E-state index contributed by atoms with van der Waals surface area (Å²) in [6, 6.07) is -3.13. The van der Waals surface area contributed by atoms with Crippen molar-refractivity contribution in [3.8, 4) is 0 Å². The van der Waals surface area contributed by atoms with Gasteiger partial charge in [0.15, 0.2) is 0 Å². The number of carboxylic acids is 1. The molecule has 1 spiro atoms. The third-order valence-electron chi connectivity index (χ3n) is 8.51. The maximum Gasteiger partial charge on any atom is 0.408 e. The van der Waals surface area contributed by atoms with Crippen LogP contribution in [0.4, 0.5) is 4.79 Å². The smallest absolute Gasteiger partial charge is 0.408 e. The highest BCUT2D eigenvalue weighted by Gasteiger charge is 2.52. The molecule has 4 N–H and O–H groups in total. The van der Waals surface area contributed by atoms with Crippen molar-refractivity contribution in [1.82, 2.24) is 20.9 Å². The number of ether oxygens (including phenoxy) is 1. The molecule has 0 aromatic carbocycles. The van der Waals surface area contributed by atoms with Crippen LogP contribution in [0.5, 0.6) is 0 Å². The van der Waals surface area contributed by atoms with E-state index in [1.54, 1.807) is 20.8 Å². The molecule has 41 heavy (non-hydrogen) atoms. The van der Waals surface area contributed by atoms with Gasteiger partial charge in [-0.3, -0.25) is 14.4 Å². The maximum absolute atomic E-state index is 14.2. The van der Waals surface area contributed by atoms with Crippen molar-refractivity contribution >= 4 is 29.8 Å². The molecule has 0 unspecified atom stereocenters. The average Bonchev–Trinajstić information content (AvgIpc) is 3.30. The van der Waals surface area contributed by atoms with Crippen molar-refractivity contribution in [2.45, 2.75) is 136 Å². The second-order valence-electron chi connectivity index (χ2n) is 15.1. The van der Waals surface area contributed by atoms with E-state index >= 15 is 0 Å². The highest BCUT2D eigenvalue weighted by molar-refractivity contribution is 5.94. The number of amides is 4. The summed E-state index contributed by atoms with van der Waals surface area (Å²) < 4.78 is 5.43. The van der Waals surface area contributed by atoms with Crippen molar-refractivity contribution < 1.29 is 33.8 Å². The van der Waals surface area contributed by atoms with E-state index in [-0.39, 0.29) is 17.7 Å². The summed E-state index contributed by atoms with van der Waals surface area (Å²) in [7, 11) is 0. The summed E-state index contributed by atoms with van der Waals surface area (Å²) in [5.74, 6) is -2.93. The Balaban J connectivity index is 1.85. The first-order valence-electron chi connectivity index (χ1n) is 14.9. The number of rotatable bonds is 7. The van der Waals surface area contributed by atoms with E-state index in [4.69, 9.17) is 4.74 Å². The fraction of sp³-hybridized carbons (Fsp3) is 0.833. The van der Waals surface area contributed by atoms with E-state index in [0.717, 1.165) is 32.1 Å². The van der Waals surface area contributed by atoms with Crippen molar-refractivity contribution in [1.29, 1.82) is 0 Å². The summed E-state index contributed by atoms with van der Waals surface area (Å²) >= 11 is 0. The fourth-order valence-electron chi connectivity index (χ4n) is 6.59. The minimum Gasteiger partial charge on any atom is -0.480 e. The van der Waals surface area contributed by atoms with E-state index in [1.165, 1.54) is 4.90 Å². The van der Waals surface area contributed by atoms with Crippen LogP contribution in [-0.4, -0.2) is 75.6 Å². The predicted octanol–water partition coefficient (Wildman–Crippen LogP) is 3.35. The first-order chi connectivity index (χ1) is 18.7. The van der Waals surface area contributed by atoms with Gasteiger partial charge < -0.3 is 30.7 Å². The van der Waals surface area contributed by atoms with Crippen LogP contribution in [-0.2, 0) is 23.9 Å². The molecule has 2 saturated heterocycles. The van der Waals surface area contributed by atoms with Crippen LogP contribution in [0, 0.1) is 16.7 Å². The summed E-state index contributed by atoms with van der Waals surface area (Å²) in [4.78, 5) is 66.9. The minimum atomic E-state index is -1.27. The van der Waals surface area contributed by atoms with E-state index in [0.29, 0.717) is 19.4 Å². The number of carbonyl (C=O) groups excluding carboxylic acids is 4. The van der Waals surface area contributed by atoms with Gasteiger partial charge in [0.1, 0.15) is 23.7 Å². The van der Waals surface area contributed by atoms with Gasteiger partial charge >= 0.3 is 12.1 Å². The molecule has 2 aliphatic heterocycles. The van der Waals surface area contributed by atoms with Crippen LogP contribution in [0.15, 0.2) is 0 Å². The SMILES string of the molecule is CC1(C)C[C@@H](C[C@H](NC(=O)[C@@H]2CC3(CCCCC3)CN2C(=O)[C@@H](NC(=O)OC(C)(C)C)C(C)(C)C)C(=O)O)C(=O)N1. The van der Waals surface area contributed by atoms with Gasteiger partial charge in [0.2, 0.25) is 17.7 Å². The monoisotopic (exact) mass is 578 g/mol. The lowest BCUT2D eigenvalue weighted by atomic mass is 9.72. The van der Waals surface area contributed by atoms with Crippen LogP contribution in [0.2, 0.25) is 0 Å². The Morgan fingerprint density at radius 1 is 1.02 bits per heavy atom. The lowest BCUT2D eigenvalue weighted by Gasteiger charge is -2.37. The molecule has 2 heterocycles. The molecule has 3 aliphatic rings. The van der Waals surface area contributed by atoms with Crippen molar-refractivity contribution in [2.24, 2.45) is 16.7 Å². The quantitative estimate of drug-likeness (QED) is 0.361. The Labute approximate surface area is 243 Å². The summed E-state index contributed by atoms with van der Waals surface area (Å²) in [6.07, 6.45) is 4.98. The highest BCUT2D eigenvalue weighted by atomic mass is 16.6. The molecule has 3 fully saturated rings. The Morgan fingerprint density at radius 2 is 1.63 bits per heavy atom. The second-order valence-corrected chi connectivity index (χ2v) is 15.1. The van der Waals surface area contributed by atoms with Gasteiger partial charge in [0.05, 0.1) is 0 Å². The van der Waals surface area contributed by atoms with E-state index in [1.807, 2.05) is 34.6 Å². The van der Waals surface area contributed by atoms with Crippen molar-refractivity contribution in [3.63, 3.8) is 0 Å². The number of carbonyl (C=O) groups is 5. The predicted molar refractivity (Wildman–Crippen MR) is 153 cm³/mol. The zero-order valence-electron chi connectivity index (χ0n) is 26.0. The summed E-state index contributed by atoms with van der Waals surface area (Å²) in [5.41, 5.74) is -2.13. The van der Waals surface area contributed by atoms with Gasteiger partial charge in [0, 0.05) is 18.0 Å². The first kappa shape index (κ1) is 32.7. The van der Waals surface area contributed by atoms with Crippen LogP contribution in [0.25, 0.3) is 0 Å². The van der Waals surface area contributed by atoms with Crippen LogP contribution in [0.1, 0.15) is 107 Å². The highest BCUT2D eigenvalue weighted by Crippen LogP contribution is 2.47. The lowest BCUT2D eigenvalue weighted by Crippen LogP contribution is -2.59. The number of nitrogens with zero attached hydrogens (tertiary/aromatic N) is 1. The Hall–Kier alpha value is -2.85. The molecular weight excluding hydrogens is 528 g/mol. The number of alkyl carbamates (subject to hydrolysis) is 1. The molecule has 0 aromatic rings. The lowest BCUT2D eigenvalue weighted by molar-refractivity contribution is -0.145. The maximum atomic E-state index is 14.2. The molecule has 1 aliphatic carbocycles. The number of aliphatic carboxylic acids is 1. The third-order valence-corrected chi connectivity index (χ3v) is 8.51. The number of hydrogen-bond acceptors (Lipinski definition) is 6. The molecule has 4 atom stereocenters. The standard InChI is InChI=1S/C30H50N4O7/c1-27(2,3)21(32-26(40)41-28(4,5)6)24(37)34-17-30(12-10-9-11-13-30)16-20(34)23(36)31-19(25(38)39)14-18-15-29(7,8)33-22(18)35/h18-21H,9-17H2,1-8H3,(H,31,36)(H,32,40)(H,33,35)(H,38,39)/t18-,19+,20+,21-/m1/s1. The normalized spacial score (nSPS) is 25.3. The van der Waals surface area contributed by atoms with Crippen LogP contribution >= 0.6 is 0 Å². The van der Waals surface area contributed by atoms with Gasteiger partial charge in [-0.15, -0.1) is 0 Å². The average molecular weight is 579 g/mol. The zero-order chi connectivity index (χ0) is 31.0. The number of carboxylic acid groups (broad SMARTS) is 1. The van der Waals surface area contributed by atoms with Crippen molar-refractivity contribution in [2.75, 3.05) is 6.54 Å². The number of nitrogens with one attached hydrogen (secondary N) is 3. The molecule has 11 nitrogen and oxygen atoms in total. The molecule has 0 aromatic heterocycles. The second kappa shape index (κ2) is 11.8. The third kappa shape index (κ3) is 8.35. The van der Waals surface area contributed by atoms with Crippen molar-refractivity contribution in [3.05, 3.63) is 0 Å². The molecule has 232 valence electrons. The molecular formula is C30H50N4O7. The summed E-state index contributed by atoms with van der Waals surface area (Å²) in [5, 5.41) is 18.2. The molecule has 0 radical (unpaired) electrons. The zero-order valence-corrected chi connectivity index (χ0v) is 26.0. The molecule has 4 amide bonds. The van der Waals surface area contributed by atoms with E-state index in [2.05, 4.69) is 16.0 Å². The molecule has 3 rings (SSSR count). The molecule has 11 heteroatoms. The Morgan fingerprint density at radius 3 is 2.12 bits per heavy atom. The first-order valence-corrected chi connectivity index (χ1v) is 14.9. The molecule has 0 bridgehead atoms. The topological polar surface area (TPSA) is 154 Å². The summed E-state index contributed by atoms with van der Waals surface area (Å²) in [6.45, 7) is 14.8. The number of likely N-dealkylation sites (tertiary alicyclic amines) is 1. The van der Waals surface area contributed by atoms with Gasteiger partial charge in [-0.1, -0.05) is 40.0 Å². The van der Waals surface area contributed by atoms with Gasteiger partial charge in [-0.25, -0.2) is 9.59 Å².